The molecule has 2 N–H and O–H groups in total. The Kier molecular flexibility index (Phi) is 5.01. The van der Waals surface area contributed by atoms with E-state index in [1.165, 1.54) is 0 Å². The molecule has 1 unspecified atom stereocenters. The molecule has 1 aliphatic rings. The number of sulfonamides is 1. The Morgan fingerprint density at radius 1 is 1.25 bits per heavy atom. The minimum absolute atomic E-state index is 0.0891. The Balaban J connectivity index is 2.14. The van der Waals surface area contributed by atoms with E-state index in [1.807, 2.05) is 13.0 Å². The van der Waals surface area contributed by atoms with Crippen molar-refractivity contribution in [3.8, 4) is 0 Å². The van der Waals surface area contributed by atoms with Gasteiger partial charge < -0.3 is 10.1 Å². The van der Waals surface area contributed by atoms with Gasteiger partial charge in [-0.3, -0.25) is 0 Å². The number of para-hydroxylation sites is 1. The average Bonchev–Trinajstić information content (AvgIpc) is 2.47. The molecule has 0 spiro atoms. The Bertz CT molecular complexity index is 539. The minimum atomic E-state index is -3.50. The standard InChI is InChI=1S/C14H22N2O3S/c1-11(12-7-9-19-10-8-12)16-20(17,18)14-6-4-3-5-13(14)15-2/h3-6,11-12,15-16H,7-10H2,1-2H3. The van der Waals surface area contributed by atoms with Crippen LogP contribution in [0.5, 0.6) is 0 Å². The molecule has 1 aromatic carbocycles. The van der Waals surface area contributed by atoms with E-state index in [9.17, 15) is 8.42 Å². The molecule has 0 amide bonds. The number of ether oxygens (including phenoxy) is 1. The Morgan fingerprint density at radius 3 is 2.55 bits per heavy atom. The topological polar surface area (TPSA) is 67.4 Å². The van der Waals surface area contributed by atoms with Gasteiger partial charge in [0, 0.05) is 26.3 Å². The molecule has 6 heteroatoms. The lowest BCUT2D eigenvalue weighted by molar-refractivity contribution is 0.0585. The maximum absolute atomic E-state index is 12.5. The van der Waals surface area contributed by atoms with Crippen LogP contribution in [0.15, 0.2) is 29.2 Å². The Labute approximate surface area is 120 Å². The van der Waals surface area contributed by atoms with Crippen molar-refractivity contribution in [2.45, 2.75) is 30.7 Å². The van der Waals surface area contributed by atoms with Crippen LogP contribution in [0.2, 0.25) is 0 Å². The van der Waals surface area contributed by atoms with E-state index >= 15 is 0 Å². The SMILES string of the molecule is CNc1ccccc1S(=O)(=O)NC(C)C1CCOCC1. The van der Waals surface area contributed by atoms with E-state index in [0.717, 1.165) is 12.8 Å². The summed E-state index contributed by atoms with van der Waals surface area (Å²) in [6.07, 6.45) is 1.80. The summed E-state index contributed by atoms with van der Waals surface area (Å²) in [5.41, 5.74) is 0.610. The van der Waals surface area contributed by atoms with Crippen LogP contribution in [-0.4, -0.2) is 34.7 Å². The molecule has 0 saturated carbocycles. The summed E-state index contributed by atoms with van der Waals surface area (Å²) in [4.78, 5) is 0.293. The third-order valence-electron chi connectivity index (χ3n) is 3.76. The summed E-state index contributed by atoms with van der Waals surface area (Å²) in [6, 6.07) is 6.83. The normalized spacial score (nSPS) is 18.7. The van der Waals surface area contributed by atoms with Gasteiger partial charge in [-0.05, 0) is 37.8 Å². The lowest BCUT2D eigenvalue weighted by Gasteiger charge is -2.28. The van der Waals surface area contributed by atoms with Crippen molar-refractivity contribution in [1.82, 2.24) is 4.72 Å². The first kappa shape index (κ1) is 15.3. The van der Waals surface area contributed by atoms with Gasteiger partial charge in [0.05, 0.1) is 5.69 Å². The highest BCUT2D eigenvalue weighted by molar-refractivity contribution is 7.89. The zero-order chi connectivity index (χ0) is 14.6. The predicted molar refractivity (Wildman–Crippen MR) is 79.3 cm³/mol. The van der Waals surface area contributed by atoms with Crippen molar-refractivity contribution in [2.75, 3.05) is 25.6 Å². The second kappa shape index (κ2) is 6.56. The summed E-state index contributed by atoms with van der Waals surface area (Å²) in [6.45, 7) is 3.35. The van der Waals surface area contributed by atoms with Gasteiger partial charge >= 0.3 is 0 Å². The van der Waals surface area contributed by atoms with Crippen molar-refractivity contribution in [3.63, 3.8) is 0 Å². The van der Waals surface area contributed by atoms with Gasteiger partial charge in [-0.1, -0.05) is 12.1 Å². The van der Waals surface area contributed by atoms with Crippen molar-refractivity contribution in [2.24, 2.45) is 5.92 Å². The van der Waals surface area contributed by atoms with Crippen LogP contribution in [0.3, 0.4) is 0 Å². The zero-order valence-electron chi connectivity index (χ0n) is 11.9. The fraction of sp³-hybridized carbons (Fsp3) is 0.571. The fourth-order valence-corrected chi connectivity index (χ4v) is 4.05. The predicted octanol–water partition coefficient (Wildman–Crippen LogP) is 1.82. The summed E-state index contributed by atoms with van der Waals surface area (Å²) >= 11 is 0. The zero-order valence-corrected chi connectivity index (χ0v) is 12.7. The second-order valence-electron chi connectivity index (χ2n) is 5.11. The molecule has 2 rings (SSSR count). The molecule has 0 aliphatic carbocycles. The van der Waals surface area contributed by atoms with Crippen LogP contribution in [0.25, 0.3) is 0 Å². The number of rotatable bonds is 5. The lowest BCUT2D eigenvalue weighted by Crippen LogP contribution is -2.40. The first-order valence-corrected chi connectivity index (χ1v) is 8.40. The number of hydrogen-bond acceptors (Lipinski definition) is 4. The minimum Gasteiger partial charge on any atom is -0.387 e. The van der Waals surface area contributed by atoms with Crippen LogP contribution in [0.1, 0.15) is 19.8 Å². The third kappa shape index (κ3) is 3.50. The summed E-state index contributed by atoms with van der Waals surface area (Å²) in [5, 5.41) is 2.92. The molecule has 0 aromatic heterocycles. The number of hydrogen-bond donors (Lipinski definition) is 2. The van der Waals surface area contributed by atoms with E-state index in [1.54, 1.807) is 25.2 Å². The highest BCUT2D eigenvalue weighted by atomic mass is 32.2. The third-order valence-corrected chi connectivity index (χ3v) is 5.38. The van der Waals surface area contributed by atoms with Gasteiger partial charge in [0.1, 0.15) is 4.90 Å². The Hall–Kier alpha value is -1.11. The van der Waals surface area contributed by atoms with E-state index in [4.69, 9.17) is 4.74 Å². The van der Waals surface area contributed by atoms with E-state index in [2.05, 4.69) is 10.0 Å². The van der Waals surface area contributed by atoms with Gasteiger partial charge in [-0.15, -0.1) is 0 Å². The van der Waals surface area contributed by atoms with E-state index in [-0.39, 0.29) is 6.04 Å². The van der Waals surface area contributed by atoms with E-state index < -0.39 is 10.0 Å². The van der Waals surface area contributed by atoms with Crippen LogP contribution in [-0.2, 0) is 14.8 Å². The van der Waals surface area contributed by atoms with Crippen molar-refractivity contribution >= 4 is 15.7 Å². The summed E-state index contributed by atoms with van der Waals surface area (Å²) in [5.74, 6) is 0.334. The number of benzene rings is 1. The van der Waals surface area contributed by atoms with Crippen molar-refractivity contribution in [3.05, 3.63) is 24.3 Å². The van der Waals surface area contributed by atoms with E-state index in [0.29, 0.717) is 29.7 Å². The first-order valence-electron chi connectivity index (χ1n) is 6.91. The van der Waals surface area contributed by atoms with Gasteiger partial charge in [0.2, 0.25) is 10.0 Å². The molecule has 1 aliphatic heterocycles. The molecule has 0 bridgehead atoms. The molecular weight excluding hydrogens is 276 g/mol. The quantitative estimate of drug-likeness (QED) is 0.870. The first-order chi connectivity index (χ1) is 9.54. The van der Waals surface area contributed by atoms with Crippen LogP contribution in [0, 0.1) is 5.92 Å². The molecule has 5 nitrogen and oxygen atoms in total. The highest BCUT2D eigenvalue weighted by Gasteiger charge is 2.26. The average molecular weight is 298 g/mol. The largest absolute Gasteiger partial charge is 0.387 e. The maximum atomic E-state index is 12.5. The summed E-state index contributed by atoms with van der Waals surface area (Å²) < 4.78 is 33.1. The molecule has 112 valence electrons. The van der Waals surface area contributed by atoms with Gasteiger partial charge in [0.25, 0.3) is 0 Å². The summed E-state index contributed by atoms with van der Waals surface area (Å²) in [7, 11) is -1.79. The molecule has 0 radical (unpaired) electrons. The van der Waals surface area contributed by atoms with Gasteiger partial charge in [-0.2, -0.15) is 0 Å². The van der Waals surface area contributed by atoms with Gasteiger partial charge in [0.15, 0.2) is 0 Å². The molecule has 1 aromatic rings. The molecule has 1 heterocycles. The molecule has 1 fully saturated rings. The van der Waals surface area contributed by atoms with Gasteiger partial charge in [-0.25, -0.2) is 13.1 Å². The Morgan fingerprint density at radius 2 is 1.90 bits per heavy atom. The smallest absolute Gasteiger partial charge is 0.242 e. The van der Waals surface area contributed by atoms with Crippen LogP contribution in [0.4, 0.5) is 5.69 Å². The number of anilines is 1. The fourth-order valence-electron chi connectivity index (χ4n) is 2.53. The highest BCUT2D eigenvalue weighted by Crippen LogP contribution is 2.23. The second-order valence-corrected chi connectivity index (χ2v) is 6.79. The lowest BCUT2D eigenvalue weighted by atomic mass is 9.94. The molecular formula is C14H22N2O3S. The molecule has 1 atom stereocenters. The van der Waals surface area contributed by atoms with Crippen LogP contribution >= 0.6 is 0 Å². The molecule has 1 saturated heterocycles. The monoisotopic (exact) mass is 298 g/mol. The number of nitrogens with one attached hydrogen (secondary N) is 2. The maximum Gasteiger partial charge on any atom is 0.242 e. The van der Waals surface area contributed by atoms with Crippen LogP contribution < -0.4 is 10.0 Å². The van der Waals surface area contributed by atoms with Crippen molar-refractivity contribution in [1.29, 1.82) is 0 Å². The van der Waals surface area contributed by atoms with Crippen molar-refractivity contribution < 1.29 is 13.2 Å². The molecule has 20 heavy (non-hydrogen) atoms.